The number of thiophene rings is 1. The standard InChI is InChI=1S/C21H20N2O2S/c24-20(17-12-14-26-15-17)23-19-11-5-4-10-18(19)21(25)22-13-6-9-16-7-2-1-3-8-16/h1-5,7-8,10-12,14-15H,6,9,13H2,(H,22,25)(H,23,24). The van der Waals surface area contributed by atoms with Gasteiger partial charge in [-0.05, 0) is 42.0 Å². The van der Waals surface area contributed by atoms with Crippen LogP contribution in [0.1, 0.15) is 32.7 Å². The lowest BCUT2D eigenvalue weighted by Gasteiger charge is -2.11. The molecular weight excluding hydrogens is 344 g/mol. The molecule has 2 aromatic carbocycles. The third kappa shape index (κ3) is 4.80. The summed E-state index contributed by atoms with van der Waals surface area (Å²) in [6.45, 7) is 0.584. The van der Waals surface area contributed by atoms with Gasteiger partial charge in [-0.15, -0.1) is 0 Å². The fraction of sp³-hybridized carbons (Fsp3) is 0.143. The van der Waals surface area contributed by atoms with Gasteiger partial charge in [0.1, 0.15) is 0 Å². The zero-order chi connectivity index (χ0) is 18.2. The first-order valence-corrected chi connectivity index (χ1v) is 9.43. The summed E-state index contributed by atoms with van der Waals surface area (Å²) in [5, 5.41) is 9.37. The van der Waals surface area contributed by atoms with Crippen molar-refractivity contribution < 1.29 is 9.59 Å². The van der Waals surface area contributed by atoms with Crippen molar-refractivity contribution in [3.63, 3.8) is 0 Å². The zero-order valence-corrected chi connectivity index (χ0v) is 15.1. The summed E-state index contributed by atoms with van der Waals surface area (Å²) >= 11 is 1.46. The van der Waals surface area contributed by atoms with Crippen molar-refractivity contribution in [2.75, 3.05) is 11.9 Å². The SMILES string of the molecule is O=C(Nc1ccccc1C(=O)NCCCc1ccccc1)c1ccsc1. The molecular formula is C21H20N2O2S. The van der Waals surface area contributed by atoms with Crippen molar-refractivity contribution >= 4 is 28.8 Å². The lowest BCUT2D eigenvalue weighted by atomic mass is 10.1. The minimum Gasteiger partial charge on any atom is -0.352 e. The molecule has 2 amide bonds. The maximum atomic E-state index is 12.5. The van der Waals surface area contributed by atoms with Crippen LogP contribution in [0.25, 0.3) is 0 Å². The van der Waals surface area contributed by atoms with E-state index >= 15 is 0 Å². The van der Waals surface area contributed by atoms with Crippen LogP contribution in [-0.4, -0.2) is 18.4 Å². The molecule has 0 saturated heterocycles. The highest BCUT2D eigenvalue weighted by atomic mass is 32.1. The Balaban J connectivity index is 1.56. The Labute approximate surface area is 156 Å². The van der Waals surface area contributed by atoms with Crippen LogP contribution in [0.4, 0.5) is 5.69 Å². The number of hydrogen-bond acceptors (Lipinski definition) is 3. The van der Waals surface area contributed by atoms with Gasteiger partial charge >= 0.3 is 0 Å². The summed E-state index contributed by atoms with van der Waals surface area (Å²) in [6, 6.07) is 19.0. The van der Waals surface area contributed by atoms with Crippen LogP contribution in [0, 0.1) is 0 Å². The number of hydrogen-bond donors (Lipinski definition) is 2. The van der Waals surface area contributed by atoms with E-state index < -0.39 is 0 Å². The summed E-state index contributed by atoms with van der Waals surface area (Å²) in [6.07, 6.45) is 1.77. The van der Waals surface area contributed by atoms with E-state index in [0.717, 1.165) is 12.8 Å². The van der Waals surface area contributed by atoms with Gasteiger partial charge in [0.25, 0.3) is 11.8 Å². The van der Waals surface area contributed by atoms with Crippen LogP contribution in [0.15, 0.2) is 71.4 Å². The van der Waals surface area contributed by atoms with Crippen molar-refractivity contribution in [1.29, 1.82) is 0 Å². The smallest absolute Gasteiger partial charge is 0.256 e. The van der Waals surface area contributed by atoms with Crippen LogP contribution in [0.2, 0.25) is 0 Å². The first-order valence-electron chi connectivity index (χ1n) is 8.49. The second-order valence-electron chi connectivity index (χ2n) is 5.86. The molecule has 0 aliphatic carbocycles. The van der Waals surface area contributed by atoms with Crippen molar-refractivity contribution in [1.82, 2.24) is 5.32 Å². The molecule has 132 valence electrons. The normalized spacial score (nSPS) is 10.3. The van der Waals surface area contributed by atoms with Gasteiger partial charge in [-0.3, -0.25) is 9.59 Å². The molecule has 0 bridgehead atoms. The number of anilines is 1. The van der Waals surface area contributed by atoms with Crippen molar-refractivity contribution in [2.24, 2.45) is 0 Å². The molecule has 0 aliphatic rings. The Morgan fingerprint density at radius 1 is 0.885 bits per heavy atom. The van der Waals surface area contributed by atoms with Gasteiger partial charge in [0, 0.05) is 11.9 Å². The molecule has 3 aromatic rings. The highest BCUT2D eigenvalue weighted by molar-refractivity contribution is 7.08. The van der Waals surface area contributed by atoms with E-state index in [0.29, 0.717) is 23.4 Å². The first kappa shape index (κ1) is 17.9. The van der Waals surface area contributed by atoms with E-state index in [1.165, 1.54) is 16.9 Å². The number of benzene rings is 2. The Hall–Kier alpha value is -2.92. The number of carbonyl (C=O) groups excluding carboxylic acids is 2. The third-order valence-corrected chi connectivity index (χ3v) is 4.66. The molecule has 2 N–H and O–H groups in total. The van der Waals surface area contributed by atoms with E-state index in [1.54, 1.807) is 35.7 Å². The number of amides is 2. The second kappa shape index (κ2) is 8.97. The molecule has 3 rings (SSSR count). The first-order chi connectivity index (χ1) is 12.7. The molecule has 0 fully saturated rings. The Kier molecular flexibility index (Phi) is 6.17. The maximum absolute atomic E-state index is 12.5. The van der Waals surface area contributed by atoms with E-state index in [4.69, 9.17) is 0 Å². The highest BCUT2D eigenvalue weighted by Crippen LogP contribution is 2.17. The Bertz CT molecular complexity index is 861. The third-order valence-electron chi connectivity index (χ3n) is 3.97. The van der Waals surface area contributed by atoms with Gasteiger partial charge in [0.05, 0.1) is 16.8 Å². The van der Waals surface area contributed by atoms with Crippen LogP contribution in [0.3, 0.4) is 0 Å². The van der Waals surface area contributed by atoms with Crippen LogP contribution in [0.5, 0.6) is 0 Å². The maximum Gasteiger partial charge on any atom is 0.256 e. The van der Waals surface area contributed by atoms with Gasteiger partial charge in [-0.2, -0.15) is 11.3 Å². The van der Waals surface area contributed by atoms with E-state index in [1.807, 2.05) is 23.6 Å². The average Bonchev–Trinajstić information content (AvgIpc) is 3.21. The summed E-state index contributed by atoms with van der Waals surface area (Å²) in [4.78, 5) is 24.7. The number of carbonyl (C=O) groups is 2. The van der Waals surface area contributed by atoms with Gasteiger partial charge in [-0.25, -0.2) is 0 Å². The van der Waals surface area contributed by atoms with Crippen LogP contribution < -0.4 is 10.6 Å². The summed E-state index contributed by atoms with van der Waals surface area (Å²) in [5.74, 6) is -0.394. The predicted octanol–water partition coefficient (Wildman–Crippen LogP) is 4.36. The molecule has 4 nitrogen and oxygen atoms in total. The molecule has 1 heterocycles. The average molecular weight is 364 g/mol. The minimum absolute atomic E-state index is 0.181. The predicted molar refractivity (Wildman–Crippen MR) is 106 cm³/mol. The van der Waals surface area contributed by atoms with Gasteiger partial charge in [-0.1, -0.05) is 42.5 Å². The number of aryl methyl sites for hydroxylation is 1. The topological polar surface area (TPSA) is 58.2 Å². The molecule has 0 radical (unpaired) electrons. The van der Waals surface area contributed by atoms with E-state index in [9.17, 15) is 9.59 Å². The van der Waals surface area contributed by atoms with E-state index in [2.05, 4.69) is 22.8 Å². The largest absolute Gasteiger partial charge is 0.352 e. The van der Waals surface area contributed by atoms with Crippen molar-refractivity contribution in [3.8, 4) is 0 Å². The highest BCUT2D eigenvalue weighted by Gasteiger charge is 2.13. The molecule has 0 aliphatic heterocycles. The van der Waals surface area contributed by atoms with E-state index in [-0.39, 0.29) is 11.8 Å². The fourth-order valence-corrected chi connectivity index (χ4v) is 3.25. The number of nitrogens with one attached hydrogen (secondary N) is 2. The molecule has 0 unspecified atom stereocenters. The molecule has 0 atom stereocenters. The number of rotatable bonds is 7. The van der Waals surface area contributed by atoms with Crippen molar-refractivity contribution in [3.05, 3.63) is 88.1 Å². The summed E-state index contributed by atoms with van der Waals surface area (Å²) in [7, 11) is 0. The zero-order valence-electron chi connectivity index (χ0n) is 14.3. The quantitative estimate of drug-likeness (QED) is 0.612. The van der Waals surface area contributed by atoms with Gasteiger partial charge in [0.2, 0.25) is 0 Å². The fourth-order valence-electron chi connectivity index (χ4n) is 2.61. The molecule has 0 spiro atoms. The molecule has 1 aromatic heterocycles. The monoisotopic (exact) mass is 364 g/mol. The summed E-state index contributed by atoms with van der Waals surface area (Å²) < 4.78 is 0. The molecule has 5 heteroatoms. The van der Waals surface area contributed by atoms with Gasteiger partial charge in [0.15, 0.2) is 0 Å². The summed E-state index contributed by atoms with van der Waals surface area (Å²) in [5.41, 5.74) is 2.83. The Morgan fingerprint density at radius 2 is 1.65 bits per heavy atom. The van der Waals surface area contributed by atoms with Crippen LogP contribution >= 0.6 is 11.3 Å². The van der Waals surface area contributed by atoms with Gasteiger partial charge < -0.3 is 10.6 Å². The molecule has 26 heavy (non-hydrogen) atoms. The Morgan fingerprint density at radius 3 is 2.42 bits per heavy atom. The lowest BCUT2D eigenvalue weighted by molar-refractivity contribution is 0.0954. The van der Waals surface area contributed by atoms with Crippen LogP contribution in [-0.2, 0) is 6.42 Å². The lowest BCUT2D eigenvalue weighted by Crippen LogP contribution is -2.26. The van der Waals surface area contributed by atoms with Crippen molar-refractivity contribution in [2.45, 2.75) is 12.8 Å². The second-order valence-corrected chi connectivity index (χ2v) is 6.64. The molecule has 0 saturated carbocycles. The minimum atomic E-state index is -0.212. The number of para-hydroxylation sites is 1.